The molecule has 0 saturated carbocycles. The third-order valence-electron chi connectivity index (χ3n) is 2.30. The van der Waals surface area contributed by atoms with Crippen LogP contribution in [-0.2, 0) is 10.5 Å². The molecule has 1 heterocycles. The van der Waals surface area contributed by atoms with Gasteiger partial charge < -0.3 is 20.4 Å². The first-order chi connectivity index (χ1) is 6.81. The maximum Gasteiger partial charge on any atom is 0.358 e. The molecule has 0 radical (unpaired) electrons. The summed E-state index contributed by atoms with van der Waals surface area (Å²) in [7, 11) is 0. The second-order valence-corrected chi connectivity index (χ2v) is 3.57. The Labute approximate surface area is 86.0 Å². The first kappa shape index (κ1) is 11.4. The van der Waals surface area contributed by atoms with E-state index >= 15 is 0 Å². The fraction of sp³-hybridized carbons (Fsp3) is 0.444. The summed E-state index contributed by atoms with van der Waals surface area (Å²) in [6, 6.07) is 2.21. The van der Waals surface area contributed by atoms with Crippen molar-refractivity contribution in [3.8, 4) is 11.8 Å². The molecule has 0 fully saturated rings. The van der Waals surface area contributed by atoms with Gasteiger partial charge in [-0.05, 0) is 0 Å². The van der Waals surface area contributed by atoms with Crippen LogP contribution in [0.15, 0.2) is 12.1 Å². The Hall–Kier alpha value is -1.69. The lowest BCUT2D eigenvalue weighted by Crippen LogP contribution is -2.46. The summed E-state index contributed by atoms with van der Waals surface area (Å²) in [5, 5.41) is 37.6. The lowest BCUT2D eigenvalue weighted by molar-refractivity contribution is -0.180. The lowest BCUT2D eigenvalue weighted by Gasteiger charge is -2.29. The highest BCUT2D eigenvalue weighted by atomic mass is 16.4. The van der Waals surface area contributed by atoms with Crippen LogP contribution in [0.3, 0.4) is 0 Å². The van der Waals surface area contributed by atoms with Crippen LogP contribution in [0, 0.1) is 5.92 Å². The Morgan fingerprint density at radius 2 is 1.73 bits per heavy atom. The molecule has 1 aromatic rings. The van der Waals surface area contributed by atoms with Crippen molar-refractivity contribution in [1.29, 1.82) is 0 Å². The van der Waals surface area contributed by atoms with E-state index in [2.05, 4.69) is 0 Å². The Bertz CT molecular complexity index is 364. The van der Waals surface area contributed by atoms with Gasteiger partial charge in [0.25, 0.3) is 0 Å². The van der Waals surface area contributed by atoms with Gasteiger partial charge in [0.1, 0.15) is 0 Å². The number of rotatable bonds is 3. The van der Waals surface area contributed by atoms with Gasteiger partial charge in [0, 0.05) is 18.1 Å². The van der Waals surface area contributed by atoms with Gasteiger partial charge >= 0.3 is 5.97 Å². The predicted molar refractivity (Wildman–Crippen MR) is 50.4 cm³/mol. The Morgan fingerprint density at radius 1 is 1.33 bits per heavy atom. The molecule has 4 N–H and O–H groups in total. The molecular formula is C9H13NO5. The van der Waals surface area contributed by atoms with Gasteiger partial charge in [-0.3, -0.25) is 0 Å². The van der Waals surface area contributed by atoms with Crippen LogP contribution in [-0.4, -0.2) is 31.0 Å². The third-order valence-corrected chi connectivity index (χ3v) is 2.30. The maximum atomic E-state index is 11.0. The van der Waals surface area contributed by atoms with Crippen molar-refractivity contribution in [3.63, 3.8) is 0 Å². The molecule has 84 valence electrons. The highest BCUT2D eigenvalue weighted by Gasteiger charge is 2.44. The van der Waals surface area contributed by atoms with E-state index in [1.165, 1.54) is 13.8 Å². The van der Waals surface area contributed by atoms with E-state index in [0.29, 0.717) is 4.57 Å². The number of aliphatic hydroxyl groups is 1. The van der Waals surface area contributed by atoms with Gasteiger partial charge in [0.15, 0.2) is 11.8 Å². The minimum atomic E-state index is -2.36. The largest absolute Gasteiger partial charge is 0.494 e. The van der Waals surface area contributed by atoms with Gasteiger partial charge in [0.05, 0.1) is 0 Å². The summed E-state index contributed by atoms with van der Waals surface area (Å²) in [5.41, 5.74) is -2.36. The molecule has 1 aromatic heterocycles. The van der Waals surface area contributed by atoms with E-state index in [1.54, 1.807) is 0 Å². The molecule has 6 nitrogen and oxygen atoms in total. The van der Waals surface area contributed by atoms with Gasteiger partial charge in [-0.2, -0.15) is 0 Å². The number of carboxylic acids is 1. The van der Waals surface area contributed by atoms with E-state index in [-0.39, 0.29) is 0 Å². The van der Waals surface area contributed by atoms with Crippen LogP contribution in [0.25, 0.3) is 0 Å². The summed E-state index contributed by atoms with van der Waals surface area (Å²) < 4.78 is 0.569. The van der Waals surface area contributed by atoms with Crippen LogP contribution in [0.1, 0.15) is 13.8 Å². The van der Waals surface area contributed by atoms with E-state index in [1.807, 2.05) is 0 Å². The van der Waals surface area contributed by atoms with E-state index < -0.39 is 29.4 Å². The fourth-order valence-electron chi connectivity index (χ4n) is 1.37. The van der Waals surface area contributed by atoms with E-state index in [4.69, 9.17) is 5.11 Å². The smallest absolute Gasteiger partial charge is 0.358 e. The number of hydrogen-bond donors (Lipinski definition) is 4. The molecule has 15 heavy (non-hydrogen) atoms. The summed E-state index contributed by atoms with van der Waals surface area (Å²) in [6.07, 6.45) is 0. The van der Waals surface area contributed by atoms with Gasteiger partial charge in [0.2, 0.25) is 5.72 Å². The molecular weight excluding hydrogens is 202 g/mol. The third kappa shape index (κ3) is 1.52. The second kappa shape index (κ2) is 3.47. The van der Waals surface area contributed by atoms with Crippen molar-refractivity contribution in [3.05, 3.63) is 12.1 Å². The number of hydrogen-bond acceptors (Lipinski definition) is 4. The van der Waals surface area contributed by atoms with Gasteiger partial charge in [-0.15, -0.1) is 0 Å². The zero-order chi connectivity index (χ0) is 11.8. The van der Waals surface area contributed by atoms with Crippen LogP contribution in [0.5, 0.6) is 11.8 Å². The van der Waals surface area contributed by atoms with Gasteiger partial charge in [-0.25, -0.2) is 9.36 Å². The zero-order valence-corrected chi connectivity index (χ0v) is 8.38. The average molecular weight is 215 g/mol. The van der Waals surface area contributed by atoms with Gasteiger partial charge in [-0.1, -0.05) is 13.8 Å². The Balaban J connectivity index is 3.40. The van der Waals surface area contributed by atoms with Crippen molar-refractivity contribution >= 4 is 5.97 Å². The Morgan fingerprint density at radius 3 is 2.00 bits per heavy atom. The number of carboxylic acid groups (broad SMARTS) is 1. The van der Waals surface area contributed by atoms with Crippen LogP contribution < -0.4 is 0 Å². The zero-order valence-electron chi connectivity index (χ0n) is 8.38. The van der Waals surface area contributed by atoms with Crippen LogP contribution >= 0.6 is 0 Å². The number of carbonyl (C=O) groups is 1. The quantitative estimate of drug-likeness (QED) is 0.580. The number of nitrogens with zero attached hydrogens (tertiary/aromatic N) is 1. The topological polar surface area (TPSA) is 103 Å². The minimum Gasteiger partial charge on any atom is -0.494 e. The molecule has 0 aliphatic rings. The monoisotopic (exact) mass is 215 g/mol. The van der Waals surface area contributed by atoms with Crippen molar-refractivity contribution < 1.29 is 25.2 Å². The van der Waals surface area contributed by atoms with Crippen LogP contribution in [0.4, 0.5) is 0 Å². The molecule has 0 unspecified atom stereocenters. The molecule has 0 amide bonds. The van der Waals surface area contributed by atoms with E-state index in [9.17, 15) is 20.1 Å². The van der Waals surface area contributed by atoms with Crippen LogP contribution in [0.2, 0.25) is 0 Å². The molecule has 0 spiro atoms. The second-order valence-electron chi connectivity index (χ2n) is 3.57. The first-order valence-corrected chi connectivity index (χ1v) is 4.37. The molecule has 0 saturated heterocycles. The van der Waals surface area contributed by atoms with E-state index in [0.717, 1.165) is 12.1 Å². The van der Waals surface area contributed by atoms with Crippen molar-refractivity contribution in [2.75, 3.05) is 0 Å². The molecule has 0 aromatic carbocycles. The normalized spacial score (nSPS) is 15.2. The number of aliphatic carboxylic acids is 1. The highest BCUT2D eigenvalue weighted by Crippen LogP contribution is 2.34. The predicted octanol–water partition coefficient (Wildman–Crippen LogP) is 0.285. The van der Waals surface area contributed by atoms with Crippen molar-refractivity contribution in [1.82, 2.24) is 4.57 Å². The molecule has 1 atom stereocenters. The van der Waals surface area contributed by atoms with Crippen molar-refractivity contribution in [2.24, 2.45) is 5.92 Å². The summed E-state index contributed by atoms with van der Waals surface area (Å²) in [5.74, 6) is -3.28. The van der Waals surface area contributed by atoms with Crippen molar-refractivity contribution in [2.45, 2.75) is 19.6 Å². The number of aromatic hydroxyl groups is 2. The average Bonchev–Trinajstić information content (AvgIpc) is 2.44. The fourth-order valence-corrected chi connectivity index (χ4v) is 1.37. The molecule has 0 aliphatic heterocycles. The summed E-state index contributed by atoms with van der Waals surface area (Å²) in [6.45, 7) is 2.93. The Kier molecular flexibility index (Phi) is 2.63. The lowest BCUT2D eigenvalue weighted by atomic mass is 9.99. The minimum absolute atomic E-state index is 0.508. The first-order valence-electron chi connectivity index (χ1n) is 4.37. The molecule has 0 bridgehead atoms. The summed E-state index contributed by atoms with van der Waals surface area (Å²) in [4.78, 5) is 11.0. The maximum absolute atomic E-state index is 11.0. The summed E-state index contributed by atoms with van der Waals surface area (Å²) >= 11 is 0. The molecule has 6 heteroatoms. The highest BCUT2D eigenvalue weighted by molar-refractivity contribution is 5.75. The standard InChI is InChI=1S/C9H13NO5/c1-5(2)9(15,8(13)14)10-6(11)3-4-7(10)12/h3-5,11-12,15H,1-2H3,(H,13,14)/t9-/m0/s1. The number of aromatic nitrogens is 1. The molecule has 0 aliphatic carbocycles. The SMILES string of the molecule is CC(C)[C@](O)(C(=O)O)n1c(O)ccc1O. The molecule has 1 rings (SSSR count).